The molecule has 2 atom stereocenters. The van der Waals surface area contributed by atoms with Crippen molar-refractivity contribution in [3.8, 4) is 11.3 Å². The van der Waals surface area contributed by atoms with Crippen LogP contribution in [0.1, 0.15) is 78.9 Å². The van der Waals surface area contributed by atoms with Gasteiger partial charge in [-0.15, -0.1) is 16.9 Å². The number of aromatic nitrogens is 2. The molecule has 3 aliphatic heterocycles. The Bertz CT molecular complexity index is 2830. The van der Waals surface area contributed by atoms with Gasteiger partial charge in [-0.05, 0) is 87.0 Å². The summed E-state index contributed by atoms with van der Waals surface area (Å²) in [5.74, 6) is -1.13. The standard InChI is InChI=1S/C38H44N7O5S.C13H11N2O3.Y/c1-24-29(9-7-10-30(24)42-36(47)33-22-27-8-5-6-11-32(27)51-33)31-23-44(4)38(49)35(41-31)40-28-14-12-26(13-15-28)34-37(48)45(18-17-43(34)3)19-21-50-20-16-39-25(2)46;16-11-6-5-10(12(17)14-11)15-7-8-3-1-2-4-9(8)13(15)18;/h7,9-10,12-15,22-23,34H,2,5-6,8,11,16-21H2,1,3-4H3,(H,39,46)(H,40,41)(H,42,47);1-2,4,10H,5-7H2,(H,14,16,17);/q2*-1;/t34-;;/m1../s1. The Morgan fingerprint density at radius 3 is 2.47 bits per heavy atom. The van der Waals surface area contributed by atoms with Crippen molar-refractivity contribution in [2.75, 3.05) is 57.1 Å². The van der Waals surface area contributed by atoms with Crippen molar-refractivity contribution in [1.29, 1.82) is 0 Å². The first kappa shape index (κ1) is 51.8. The molecule has 4 aliphatic rings. The summed E-state index contributed by atoms with van der Waals surface area (Å²) in [4.78, 5) is 97.9. The molecule has 1 unspecified atom stereocenters. The van der Waals surface area contributed by atoms with E-state index in [4.69, 9.17) is 9.72 Å². The number of carbonyl (C=O) groups is 6. The van der Waals surface area contributed by atoms with Gasteiger partial charge < -0.3 is 46.8 Å². The number of rotatable bonds is 13. The van der Waals surface area contributed by atoms with Gasteiger partial charge in [0.25, 0.3) is 11.5 Å². The van der Waals surface area contributed by atoms with E-state index in [1.165, 1.54) is 32.7 Å². The quantitative estimate of drug-likeness (QED) is 0.0722. The van der Waals surface area contributed by atoms with Gasteiger partial charge in [0, 0.05) is 107 Å². The predicted octanol–water partition coefficient (Wildman–Crippen LogP) is 4.72. The predicted molar refractivity (Wildman–Crippen MR) is 261 cm³/mol. The van der Waals surface area contributed by atoms with Crippen LogP contribution in [0.25, 0.3) is 11.3 Å². The van der Waals surface area contributed by atoms with E-state index >= 15 is 0 Å². The molecule has 17 nitrogen and oxygen atoms in total. The fourth-order valence-corrected chi connectivity index (χ4v) is 10.2. The van der Waals surface area contributed by atoms with Crippen LogP contribution in [-0.2, 0) is 83.1 Å². The van der Waals surface area contributed by atoms with E-state index < -0.39 is 12.1 Å². The summed E-state index contributed by atoms with van der Waals surface area (Å²) in [6.45, 7) is 8.45. The summed E-state index contributed by atoms with van der Waals surface area (Å²) in [7, 11) is 3.61. The van der Waals surface area contributed by atoms with E-state index in [9.17, 15) is 33.6 Å². The molecule has 6 amide bonds. The van der Waals surface area contributed by atoms with Gasteiger partial charge in [0.15, 0.2) is 11.7 Å². The number of benzene rings is 3. The molecule has 2 aromatic heterocycles. The minimum absolute atomic E-state index is 0. The number of thiophene rings is 1. The third kappa shape index (κ3) is 11.9. The van der Waals surface area contributed by atoms with Gasteiger partial charge >= 0.3 is 0 Å². The minimum atomic E-state index is -0.545. The summed E-state index contributed by atoms with van der Waals surface area (Å²) in [5, 5.41) is 11.1. The van der Waals surface area contributed by atoms with Crippen LogP contribution in [0.5, 0.6) is 0 Å². The number of nitrogens with one attached hydrogen (secondary N) is 4. The SMILES string of the molecule is O=C1CCC(N2Cc3[c-]cccc3C2=O)C(=O)N1.[CH2-]C(=O)NCCOCCN1CCN(C)[C@H](c2ccc(Nc3nc(-c4cccc(NC(=O)c5cc6c(s5)CCCC6)c4C)cn(C)c3=O)cc2)C1=O.[Y]. The molecule has 1 radical (unpaired) electrons. The molecule has 0 bridgehead atoms. The largest absolute Gasteiger partial charge is 0.379 e. The number of imide groups is 1. The van der Waals surface area contributed by atoms with Crippen molar-refractivity contribution in [3.05, 3.63) is 134 Å². The Balaban J connectivity index is 0.000000317. The third-order valence-corrected chi connectivity index (χ3v) is 14.0. The van der Waals surface area contributed by atoms with Crippen LogP contribution >= 0.6 is 11.3 Å². The van der Waals surface area contributed by atoms with Gasteiger partial charge in [0.05, 0.1) is 29.7 Å². The third-order valence-electron chi connectivity index (χ3n) is 12.8. The van der Waals surface area contributed by atoms with E-state index in [0.717, 1.165) is 40.0 Å². The summed E-state index contributed by atoms with van der Waals surface area (Å²) < 4.78 is 7.07. The van der Waals surface area contributed by atoms with E-state index in [-0.39, 0.29) is 86.0 Å². The Labute approximate surface area is 435 Å². The van der Waals surface area contributed by atoms with Crippen LogP contribution in [0.2, 0.25) is 0 Å². The Morgan fingerprint density at radius 2 is 1.73 bits per heavy atom. The van der Waals surface area contributed by atoms with Crippen molar-refractivity contribution >= 4 is 64.0 Å². The number of ether oxygens (including phenoxy) is 1. The van der Waals surface area contributed by atoms with E-state index in [2.05, 4.69) is 34.3 Å². The molecule has 5 heterocycles. The molecule has 9 rings (SSSR count). The molecule has 5 aromatic rings. The molecule has 363 valence electrons. The number of piperidine rings is 1. The van der Waals surface area contributed by atoms with E-state index in [1.54, 1.807) is 47.7 Å². The van der Waals surface area contributed by atoms with Gasteiger partial charge in [-0.1, -0.05) is 29.8 Å². The molecule has 2 fully saturated rings. The Morgan fingerprint density at radius 1 is 0.957 bits per heavy atom. The smallest absolute Gasteiger partial charge is 0.293 e. The van der Waals surface area contributed by atoms with Crippen molar-refractivity contribution in [3.63, 3.8) is 0 Å². The molecule has 0 saturated carbocycles. The maximum absolute atomic E-state index is 13.5. The van der Waals surface area contributed by atoms with Crippen LogP contribution in [0, 0.1) is 19.9 Å². The van der Waals surface area contributed by atoms with Gasteiger partial charge in [-0.3, -0.25) is 39.0 Å². The zero-order chi connectivity index (χ0) is 48.8. The number of likely N-dealkylation sites (N-methyl/N-ethyl adjacent to an activating group) is 1. The first-order chi connectivity index (χ1) is 33.2. The molecule has 3 aromatic carbocycles. The molecule has 4 N–H and O–H groups in total. The maximum Gasteiger partial charge on any atom is 0.293 e. The zero-order valence-electron chi connectivity index (χ0n) is 39.5. The molecule has 1 aliphatic carbocycles. The van der Waals surface area contributed by atoms with Gasteiger partial charge in [0.1, 0.15) is 12.1 Å². The molecular formula is C51H55N9O8SY-2. The van der Waals surface area contributed by atoms with Gasteiger partial charge in [-0.2, -0.15) is 24.3 Å². The molecular weight excluding hydrogens is 988 g/mol. The number of aryl methyl sites for hydroxylation is 3. The van der Waals surface area contributed by atoms with Crippen LogP contribution in [-0.4, -0.2) is 112 Å². The number of hydrogen-bond acceptors (Lipinski definition) is 12. The molecule has 0 spiro atoms. The van der Waals surface area contributed by atoms with Crippen molar-refractivity contribution in [2.45, 2.75) is 64.1 Å². The maximum atomic E-state index is 13.5. The normalized spacial score (nSPS) is 17.6. The zero-order valence-corrected chi connectivity index (χ0v) is 43.1. The number of hydrogen-bond donors (Lipinski definition) is 4. The second-order valence-electron chi connectivity index (χ2n) is 17.5. The summed E-state index contributed by atoms with van der Waals surface area (Å²) in [6, 6.07) is 22.4. The number of piperazine rings is 1. The molecule has 19 heteroatoms. The molecule has 70 heavy (non-hydrogen) atoms. The Kier molecular flexibility index (Phi) is 17.2. The topological polar surface area (TPSA) is 204 Å². The number of anilines is 3. The number of fused-ring (bicyclic) bond motifs is 2. The first-order valence-electron chi connectivity index (χ1n) is 23.0. The van der Waals surface area contributed by atoms with Crippen LogP contribution in [0.4, 0.5) is 17.2 Å². The van der Waals surface area contributed by atoms with Gasteiger partial charge in [0.2, 0.25) is 17.7 Å². The van der Waals surface area contributed by atoms with Crippen LogP contribution < -0.4 is 26.8 Å². The average Bonchev–Trinajstić information content (AvgIpc) is 3.92. The van der Waals surface area contributed by atoms with Crippen molar-refractivity contribution < 1.29 is 66.2 Å². The summed E-state index contributed by atoms with van der Waals surface area (Å²) in [5.41, 5.74) is 6.82. The summed E-state index contributed by atoms with van der Waals surface area (Å²) >= 11 is 1.58. The Hall–Kier alpha value is -6.05. The van der Waals surface area contributed by atoms with Crippen LogP contribution in [0.15, 0.2) is 77.7 Å². The number of carbonyl (C=O) groups excluding carboxylic acids is 6. The number of amides is 6. The van der Waals surface area contributed by atoms with E-state index in [1.807, 2.05) is 67.4 Å². The van der Waals surface area contributed by atoms with Crippen molar-refractivity contribution in [2.24, 2.45) is 7.05 Å². The molecule has 2 saturated heterocycles. The van der Waals surface area contributed by atoms with Crippen molar-refractivity contribution in [1.82, 2.24) is 34.9 Å². The minimum Gasteiger partial charge on any atom is -0.379 e. The average molecular weight is 1040 g/mol. The number of nitrogens with zero attached hydrogens (tertiary/aromatic N) is 5. The van der Waals surface area contributed by atoms with E-state index in [0.29, 0.717) is 75.0 Å². The van der Waals surface area contributed by atoms with Gasteiger partial charge in [-0.25, -0.2) is 4.98 Å². The second kappa shape index (κ2) is 23.2. The second-order valence-corrected chi connectivity index (χ2v) is 18.6. The fourth-order valence-electron chi connectivity index (χ4n) is 9.01. The first-order valence-corrected chi connectivity index (χ1v) is 23.9. The fraction of sp³-hybridized carbons (Fsp3) is 0.353. The summed E-state index contributed by atoms with van der Waals surface area (Å²) in [6.07, 6.45) is 6.77. The monoisotopic (exact) mass is 1040 g/mol. The van der Waals surface area contributed by atoms with Crippen LogP contribution in [0.3, 0.4) is 0 Å².